The Hall–Kier alpha value is -1.22. The highest BCUT2D eigenvalue weighted by atomic mass is 16.5. The van der Waals surface area contributed by atoms with Gasteiger partial charge in [-0.05, 0) is 30.9 Å². The molecule has 1 unspecified atom stereocenters. The van der Waals surface area contributed by atoms with Gasteiger partial charge in [0.25, 0.3) is 0 Å². The van der Waals surface area contributed by atoms with Crippen LogP contribution in [0, 0.1) is 5.92 Å². The first-order chi connectivity index (χ1) is 8.78. The van der Waals surface area contributed by atoms with E-state index in [0.29, 0.717) is 5.92 Å². The number of aliphatic hydroxyl groups is 1. The maximum Gasteiger partial charge on any atom is 0.129 e. The number of aliphatic hydroxyl groups excluding tert-OH is 1. The van der Waals surface area contributed by atoms with Crippen LogP contribution in [0.15, 0.2) is 18.2 Å². The lowest BCUT2D eigenvalue weighted by molar-refractivity contribution is 0.0354. The zero-order valence-corrected chi connectivity index (χ0v) is 10.8. The molecule has 18 heavy (non-hydrogen) atoms. The Labute approximate surface area is 108 Å². The van der Waals surface area contributed by atoms with E-state index in [1.54, 1.807) is 7.11 Å². The highest BCUT2D eigenvalue weighted by Crippen LogP contribution is 2.42. The molecule has 1 aromatic rings. The third-order valence-electron chi connectivity index (χ3n) is 4.24. The molecule has 2 atom stereocenters. The summed E-state index contributed by atoms with van der Waals surface area (Å²) in [5.74, 6) is 2.19. The topological polar surface area (TPSA) is 38.7 Å². The molecule has 2 aliphatic rings. The molecule has 3 rings (SSSR count). The van der Waals surface area contributed by atoms with Gasteiger partial charge in [-0.3, -0.25) is 0 Å². The molecule has 0 saturated heterocycles. The molecule has 3 nitrogen and oxygen atoms in total. The van der Waals surface area contributed by atoms with Gasteiger partial charge in [0.05, 0.1) is 13.2 Å². The minimum Gasteiger partial charge on any atom is -0.497 e. The van der Waals surface area contributed by atoms with Gasteiger partial charge in [0, 0.05) is 18.1 Å². The van der Waals surface area contributed by atoms with Crippen molar-refractivity contribution >= 4 is 0 Å². The fraction of sp³-hybridized carbons (Fsp3) is 0.600. The van der Waals surface area contributed by atoms with E-state index in [-0.39, 0.29) is 6.10 Å². The lowest BCUT2D eigenvalue weighted by Crippen LogP contribution is -2.31. The Kier molecular flexibility index (Phi) is 3.16. The van der Waals surface area contributed by atoms with Crippen molar-refractivity contribution in [1.29, 1.82) is 0 Å². The van der Waals surface area contributed by atoms with Gasteiger partial charge in [-0.25, -0.2) is 0 Å². The Morgan fingerprint density at radius 2 is 2.06 bits per heavy atom. The molecular formula is C15H20O3. The normalized spacial score (nSPS) is 27.7. The highest BCUT2D eigenvalue weighted by molar-refractivity contribution is 5.43. The first-order valence-electron chi connectivity index (χ1n) is 6.80. The van der Waals surface area contributed by atoms with Crippen LogP contribution in [0.4, 0.5) is 0 Å². The van der Waals surface area contributed by atoms with Crippen molar-refractivity contribution in [3.8, 4) is 11.5 Å². The van der Waals surface area contributed by atoms with E-state index in [1.165, 1.54) is 25.7 Å². The summed E-state index contributed by atoms with van der Waals surface area (Å²) >= 11 is 0. The molecule has 0 radical (unpaired) electrons. The molecule has 1 aromatic carbocycles. The largest absolute Gasteiger partial charge is 0.497 e. The van der Waals surface area contributed by atoms with Crippen molar-refractivity contribution < 1.29 is 14.6 Å². The van der Waals surface area contributed by atoms with E-state index < -0.39 is 6.10 Å². The second-order valence-electron chi connectivity index (χ2n) is 5.36. The van der Waals surface area contributed by atoms with Crippen LogP contribution in [0.2, 0.25) is 0 Å². The second-order valence-corrected chi connectivity index (χ2v) is 5.36. The van der Waals surface area contributed by atoms with E-state index in [0.717, 1.165) is 23.5 Å². The molecule has 0 bridgehead atoms. The predicted octanol–water partition coefficient (Wildman–Crippen LogP) is 3.07. The Morgan fingerprint density at radius 3 is 2.78 bits per heavy atom. The van der Waals surface area contributed by atoms with E-state index in [9.17, 15) is 5.11 Å². The number of methoxy groups -OCH3 is 1. The van der Waals surface area contributed by atoms with Crippen LogP contribution in [-0.2, 0) is 0 Å². The summed E-state index contributed by atoms with van der Waals surface area (Å²) in [7, 11) is 1.65. The van der Waals surface area contributed by atoms with Crippen LogP contribution < -0.4 is 9.47 Å². The summed E-state index contributed by atoms with van der Waals surface area (Å²) in [4.78, 5) is 0. The number of rotatable bonds is 2. The minimum atomic E-state index is -0.398. The van der Waals surface area contributed by atoms with E-state index >= 15 is 0 Å². The number of hydrogen-bond acceptors (Lipinski definition) is 3. The monoisotopic (exact) mass is 248 g/mol. The van der Waals surface area contributed by atoms with Gasteiger partial charge >= 0.3 is 0 Å². The summed E-state index contributed by atoms with van der Waals surface area (Å²) in [6.07, 6.45) is 5.56. The average Bonchev–Trinajstić information content (AvgIpc) is 2.91. The SMILES string of the molecule is COc1ccc2c(c1)OC(C1CCCC1)C[C@@H]2O. The Balaban J connectivity index is 1.85. The third-order valence-corrected chi connectivity index (χ3v) is 4.24. The second kappa shape index (κ2) is 4.81. The van der Waals surface area contributed by atoms with Crippen LogP contribution in [0.5, 0.6) is 11.5 Å². The van der Waals surface area contributed by atoms with E-state index in [1.807, 2.05) is 18.2 Å². The lowest BCUT2D eigenvalue weighted by Gasteiger charge is -2.33. The lowest BCUT2D eigenvalue weighted by atomic mass is 9.90. The molecule has 1 fully saturated rings. The molecular weight excluding hydrogens is 228 g/mol. The smallest absolute Gasteiger partial charge is 0.129 e. The van der Waals surface area contributed by atoms with Crippen molar-refractivity contribution in [3.63, 3.8) is 0 Å². The molecule has 0 amide bonds. The molecule has 1 aliphatic carbocycles. The molecule has 98 valence electrons. The summed E-state index contributed by atoms with van der Waals surface area (Å²) in [6.45, 7) is 0. The first kappa shape index (κ1) is 11.8. The number of hydrogen-bond donors (Lipinski definition) is 1. The minimum absolute atomic E-state index is 0.169. The summed E-state index contributed by atoms with van der Waals surface area (Å²) in [6, 6.07) is 5.67. The Bertz CT molecular complexity index is 424. The van der Waals surface area contributed by atoms with Crippen LogP contribution in [0.25, 0.3) is 0 Å². The van der Waals surface area contributed by atoms with Crippen molar-refractivity contribution in [2.45, 2.75) is 44.3 Å². The van der Waals surface area contributed by atoms with E-state index in [4.69, 9.17) is 9.47 Å². The third kappa shape index (κ3) is 2.07. The number of ether oxygens (including phenoxy) is 2. The molecule has 0 aromatic heterocycles. The summed E-state index contributed by atoms with van der Waals surface area (Å²) in [5, 5.41) is 10.2. The number of benzene rings is 1. The molecule has 1 N–H and O–H groups in total. The van der Waals surface area contributed by atoms with Crippen molar-refractivity contribution in [2.24, 2.45) is 5.92 Å². The molecule has 0 spiro atoms. The van der Waals surface area contributed by atoms with E-state index in [2.05, 4.69) is 0 Å². The van der Waals surface area contributed by atoms with Gasteiger partial charge in [-0.2, -0.15) is 0 Å². The van der Waals surface area contributed by atoms with Gasteiger partial charge in [-0.1, -0.05) is 12.8 Å². The zero-order chi connectivity index (χ0) is 12.5. The van der Waals surface area contributed by atoms with Crippen LogP contribution in [-0.4, -0.2) is 18.3 Å². The van der Waals surface area contributed by atoms with Crippen molar-refractivity contribution in [1.82, 2.24) is 0 Å². The van der Waals surface area contributed by atoms with Crippen molar-refractivity contribution in [2.75, 3.05) is 7.11 Å². The first-order valence-corrected chi connectivity index (χ1v) is 6.80. The maximum absolute atomic E-state index is 10.2. The fourth-order valence-corrected chi connectivity index (χ4v) is 3.20. The van der Waals surface area contributed by atoms with Gasteiger partial charge in [-0.15, -0.1) is 0 Å². The summed E-state index contributed by atoms with van der Waals surface area (Å²) in [5.41, 5.74) is 0.894. The predicted molar refractivity (Wildman–Crippen MR) is 68.9 cm³/mol. The molecule has 1 saturated carbocycles. The fourth-order valence-electron chi connectivity index (χ4n) is 3.20. The zero-order valence-electron chi connectivity index (χ0n) is 10.8. The van der Waals surface area contributed by atoms with Gasteiger partial charge in [0.2, 0.25) is 0 Å². The van der Waals surface area contributed by atoms with Crippen molar-refractivity contribution in [3.05, 3.63) is 23.8 Å². The Morgan fingerprint density at radius 1 is 1.28 bits per heavy atom. The molecule has 3 heteroatoms. The van der Waals surface area contributed by atoms with Crippen LogP contribution in [0.3, 0.4) is 0 Å². The number of fused-ring (bicyclic) bond motifs is 1. The molecule has 1 aliphatic heterocycles. The maximum atomic E-state index is 10.2. The van der Waals surface area contributed by atoms with Crippen LogP contribution in [0.1, 0.15) is 43.8 Å². The standard InChI is InChI=1S/C15H20O3/c1-17-11-6-7-12-13(16)9-14(18-15(12)8-11)10-4-2-3-5-10/h6-8,10,13-14,16H,2-5,9H2,1H3/t13-,14?/m0/s1. The summed E-state index contributed by atoms with van der Waals surface area (Å²) < 4.78 is 11.3. The van der Waals surface area contributed by atoms with Gasteiger partial charge < -0.3 is 14.6 Å². The van der Waals surface area contributed by atoms with Crippen LogP contribution >= 0.6 is 0 Å². The van der Waals surface area contributed by atoms with Gasteiger partial charge in [0.15, 0.2) is 0 Å². The molecule has 1 heterocycles. The quantitative estimate of drug-likeness (QED) is 0.874. The highest BCUT2D eigenvalue weighted by Gasteiger charge is 2.34. The van der Waals surface area contributed by atoms with Gasteiger partial charge in [0.1, 0.15) is 17.6 Å². The average molecular weight is 248 g/mol.